The summed E-state index contributed by atoms with van der Waals surface area (Å²) < 4.78 is 24.4. The maximum Gasteiger partial charge on any atom is 0.312 e. The van der Waals surface area contributed by atoms with E-state index in [0.29, 0.717) is 12.1 Å². The first-order valence-corrected chi connectivity index (χ1v) is 10.2. The molecule has 1 aliphatic rings. The zero-order valence-electron chi connectivity index (χ0n) is 15.1. The van der Waals surface area contributed by atoms with Gasteiger partial charge in [0.1, 0.15) is 0 Å². The van der Waals surface area contributed by atoms with Crippen LogP contribution in [-0.4, -0.2) is 42.1 Å². The van der Waals surface area contributed by atoms with E-state index in [-0.39, 0.29) is 17.3 Å². The lowest BCUT2D eigenvalue weighted by atomic mass is 9.89. The Balaban J connectivity index is 1.87. The van der Waals surface area contributed by atoms with E-state index in [1.54, 1.807) is 26.0 Å². The lowest BCUT2D eigenvalue weighted by Gasteiger charge is -2.33. The van der Waals surface area contributed by atoms with Gasteiger partial charge in [0.2, 0.25) is 0 Å². The molecule has 1 heterocycles. The number of hydrogen-bond donors (Lipinski definition) is 1. The highest BCUT2D eigenvalue weighted by Crippen LogP contribution is 2.29. The molecule has 7 heteroatoms. The van der Waals surface area contributed by atoms with Crippen LogP contribution < -0.4 is 0 Å². The van der Waals surface area contributed by atoms with E-state index in [9.17, 15) is 23.1 Å². The van der Waals surface area contributed by atoms with Crippen LogP contribution in [-0.2, 0) is 21.2 Å². The zero-order chi connectivity index (χ0) is 19.8. The molecule has 1 unspecified atom stereocenters. The van der Waals surface area contributed by atoms with Gasteiger partial charge in [0, 0.05) is 18.7 Å². The Kier molecular flexibility index (Phi) is 5.06. The lowest BCUT2D eigenvalue weighted by molar-refractivity contribution is -0.139. The van der Waals surface area contributed by atoms with Gasteiger partial charge >= 0.3 is 5.97 Å². The number of carbonyl (C=O) groups is 2. The van der Waals surface area contributed by atoms with Crippen LogP contribution in [0.25, 0.3) is 0 Å². The van der Waals surface area contributed by atoms with Gasteiger partial charge in [0.15, 0.2) is 9.84 Å². The van der Waals surface area contributed by atoms with E-state index in [2.05, 4.69) is 0 Å². The summed E-state index contributed by atoms with van der Waals surface area (Å²) in [6.07, 6.45) is 0. The van der Waals surface area contributed by atoms with Gasteiger partial charge in [0.05, 0.1) is 16.1 Å². The first-order valence-electron chi connectivity index (χ1n) is 8.65. The fraction of sp³-hybridized carbons (Fsp3) is 0.300. The maximum atomic E-state index is 12.9. The minimum atomic E-state index is -3.41. The van der Waals surface area contributed by atoms with Crippen molar-refractivity contribution in [3.05, 3.63) is 65.2 Å². The summed E-state index contributed by atoms with van der Waals surface area (Å²) in [6.45, 7) is 3.61. The highest BCUT2D eigenvalue weighted by Gasteiger charge is 2.32. The Morgan fingerprint density at radius 1 is 1.07 bits per heavy atom. The number of benzene rings is 2. The molecule has 0 spiro atoms. The zero-order valence-corrected chi connectivity index (χ0v) is 15.9. The summed E-state index contributed by atoms with van der Waals surface area (Å²) in [5.41, 5.74) is 1.87. The molecular formula is C20H21NO5S. The highest BCUT2D eigenvalue weighted by molar-refractivity contribution is 7.92. The fourth-order valence-electron chi connectivity index (χ4n) is 3.21. The van der Waals surface area contributed by atoms with Crippen molar-refractivity contribution in [3.63, 3.8) is 0 Å². The Bertz CT molecular complexity index is 980. The minimum absolute atomic E-state index is 0.0806. The standard InChI is InChI=1S/C20H21NO5S/c1-13(2)27(25,26)16-9-7-14(8-10-16)19(22)21-11-15-5-3-4-6-17(15)18(12-21)20(23)24/h3-10,13,18H,11-12H2,1-2H3,(H,23,24). The third-order valence-electron chi connectivity index (χ3n) is 4.83. The van der Waals surface area contributed by atoms with Crippen molar-refractivity contribution in [2.75, 3.05) is 6.54 Å². The largest absolute Gasteiger partial charge is 0.481 e. The normalized spacial score (nSPS) is 16.9. The third-order valence-corrected chi connectivity index (χ3v) is 7.00. The average Bonchev–Trinajstić information content (AvgIpc) is 2.66. The second-order valence-electron chi connectivity index (χ2n) is 6.89. The number of fused-ring (bicyclic) bond motifs is 1. The smallest absolute Gasteiger partial charge is 0.312 e. The number of aliphatic carboxylic acids is 1. The number of amides is 1. The van der Waals surface area contributed by atoms with E-state index in [0.717, 1.165) is 11.1 Å². The molecule has 2 aromatic rings. The molecule has 0 bridgehead atoms. The minimum Gasteiger partial charge on any atom is -0.481 e. The van der Waals surface area contributed by atoms with Gasteiger partial charge in [-0.1, -0.05) is 24.3 Å². The third kappa shape index (κ3) is 3.60. The van der Waals surface area contributed by atoms with Crippen molar-refractivity contribution in [1.82, 2.24) is 4.90 Å². The molecule has 0 aromatic heterocycles. The van der Waals surface area contributed by atoms with Gasteiger partial charge < -0.3 is 10.0 Å². The number of carbonyl (C=O) groups excluding carboxylic acids is 1. The SMILES string of the molecule is CC(C)S(=O)(=O)c1ccc(C(=O)N2Cc3ccccc3C(C(=O)O)C2)cc1. The van der Waals surface area contributed by atoms with Gasteiger partial charge in [-0.15, -0.1) is 0 Å². The molecule has 1 amide bonds. The molecular weight excluding hydrogens is 366 g/mol. The van der Waals surface area contributed by atoms with E-state index >= 15 is 0 Å². The Hall–Kier alpha value is -2.67. The average molecular weight is 387 g/mol. The molecule has 3 rings (SSSR count). The fourth-order valence-corrected chi connectivity index (χ4v) is 4.27. The van der Waals surface area contributed by atoms with Gasteiger partial charge in [-0.25, -0.2) is 8.42 Å². The summed E-state index contributed by atoms with van der Waals surface area (Å²) in [5, 5.41) is 8.98. The van der Waals surface area contributed by atoms with Crippen molar-refractivity contribution in [3.8, 4) is 0 Å². The first kappa shape index (κ1) is 19.1. The van der Waals surface area contributed by atoms with Crippen LogP contribution in [0, 0.1) is 0 Å². The summed E-state index contributed by atoms with van der Waals surface area (Å²) in [4.78, 5) is 26.2. The highest BCUT2D eigenvalue weighted by atomic mass is 32.2. The number of hydrogen-bond acceptors (Lipinski definition) is 4. The molecule has 0 fully saturated rings. The number of carboxylic acid groups (broad SMARTS) is 1. The number of rotatable bonds is 4. The van der Waals surface area contributed by atoms with Crippen LogP contribution in [0.15, 0.2) is 53.4 Å². The summed E-state index contributed by atoms with van der Waals surface area (Å²) in [7, 11) is -3.41. The predicted molar refractivity (Wildman–Crippen MR) is 100 cm³/mol. The molecule has 142 valence electrons. The first-order chi connectivity index (χ1) is 12.7. The van der Waals surface area contributed by atoms with Crippen LogP contribution in [0.1, 0.15) is 41.3 Å². The number of carboxylic acids is 1. The van der Waals surface area contributed by atoms with Crippen LogP contribution in [0.2, 0.25) is 0 Å². The van der Waals surface area contributed by atoms with Crippen molar-refractivity contribution in [2.45, 2.75) is 36.5 Å². The van der Waals surface area contributed by atoms with E-state index in [4.69, 9.17) is 0 Å². The molecule has 1 aliphatic heterocycles. The molecule has 2 aromatic carbocycles. The van der Waals surface area contributed by atoms with Crippen molar-refractivity contribution < 1.29 is 23.1 Å². The summed E-state index contributed by atoms with van der Waals surface area (Å²) >= 11 is 0. The Labute approximate surface area is 158 Å². The number of sulfone groups is 1. The van der Waals surface area contributed by atoms with Gasteiger partial charge in [-0.2, -0.15) is 0 Å². The van der Waals surface area contributed by atoms with E-state index in [1.165, 1.54) is 29.2 Å². The van der Waals surface area contributed by atoms with Crippen LogP contribution >= 0.6 is 0 Å². The summed E-state index contributed by atoms with van der Waals surface area (Å²) in [6, 6.07) is 13.0. The quantitative estimate of drug-likeness (QED) is 0.871. The lowest BCUT2D eigenvalue weighted by Crippen LogP contribution is -2.40. The van der Waals surface area contributed by atoms with Crippen LogP contribution in [0.5, 0.6) is 0 Å². The second-order valence-corrected chi connectivity index (χ2v) is 9.40. The molecule has 1 atom stereocenters. The monoisotopic (exact) mass is 387 g/mol. The predicted octanol–water partition coefficient (Wildman–Crippen LogP) is 2.69. The van der Waals surface area contributed by atoms with Gasteiger partial charge in [-0.05, 0) is 49.2 Å². The van der Waals surface area contributed by atoms with Gasteiger partial charge in [-0.3, -0.25) is 9.59 Å². The topological polar surface area (TPSA) is 91.8 Å². The van der Waals surface area contributed by atoms with Crippen LogP contribution in [0.3, 0.4) is 0 Å². The molecule has 0 saturated heterocycles. The van der Waals surface area contributed by atoms with E-state index < -0.39 is 27.0 Å². The van der Waals surface area contributed by atoms with Crippen molar-refractivity contribution in [1.29, 1.82) is 0 Å². The second kappa shape index (κ2) is 7.15. The number of nitrogens with zero attached hydrogens (tertiary/aromatic N) is 1. The molecule has 6 nitrogen and oxygen atoms in total. The molecule has 0 saturated carbocycles. The molecule has 0 radical (unpaired) electrons. The molecule has 0 aliphatic carbocycles. The maximum absolute atomic E-state index is 12.9. The van der Waals surface area contributed by atoms with Gasteiger partial charge in [0.25, 0.3) is 5.91 Å². The Morgan fingerprint density at radius 2 is 1.70 bits per heavy atom. The summed E-state index contributed by atoms with van der Waals surface area (Å²) in [5.74, 6) is -2.07. The van der Waals surface area contributed by atoms with E-state index in [1.807, 2.05) is 12.1 Å². The van der Waals surface area contributed by atoms with Crippen molar-refractivity contribution >= 4 is 21.7 Å². The van der Waals surface area contributed by atoms with Crippen LogP contribution in [0.4, 0.5) is 0 Å². The molecule has 1 N–H and O–H groups in total. The van der Waals surface area contributed by atoms with Crippen molar-refractivity contribution in [2.24, 2.45) is 0 Å². The Morgan fingerprint density at radius 3 is 2.30 bits per heavy atom. The molecule has 27 heavy (non-hydrogen) atoms.